The molecule has 2 aliphatic rings. The Hall–Kier alpha value is -1.87. The summed E-state index contributed by atoms with van der Waals surface area (Å²) < 4.78 is 0. The van der Waals surface area contributed by atoms with E-state index < -0.39 is 0 Å². The van der Waals surface area contributed by atoms with Crippen molar-refractivity contribution in [3.05, 3.63) is 48.2 Å². The number of pyridine rings is 1. The van der Waals surface area contributed by atoms with Crippen molar-refractivity contribution < 1.29 is 0 Å². The van der Waals surface area contributed by atoms with Crippen LogP contribution in [0.4, 0.5) is 5.82 Å². The summed E-state index contributed by atoms with van der Waals surface area (Å²) in [6, 6.07) is 14.4. The highest BCUT2D eigenvalue weighted by Gasteiger charge is 2.40. The maximum atomic E-state index is 4.78. The van der Waals surface area contributed by atoms with Gasteiger partial charge >= 0.3 is 0 Å². The van der Waals surface area contributed by atoms with E-state index in [0.717, 1.165) is 11.9 Å². The number of fused-ring (bicyclic) bond motifs is 2. The van der Waals surface area contributed by atoms with Crippen molar-refractivity contribution in [2.75, 3.05) is 19.0 Å². The van der Waals surface area contributed by atoms with Gasteiger partial charge < -0.3 is 10.2 Å². The molecule has 2 fully saturated rings. The highest BCUT2D eigenvalue weighted by Crippen LogP contribution is 2.41. The number of rotatable bonds is 3. The molecule has 1 aromatic heterocycles. The Kier molecular flexibility index (Phi) is 3.38. The van der Waals surface area contributed by atoms with E-state index in [2.05, 4.69) is 66.9 Å². The number of anilines is 1. The van der Waals surface area contributed by atoms with Gasteiger partial charge in [-0.05, 0) is 36.5 Å². The number of aromatic nitrogens is 1. The molecule has 3 heteroatoms. The molecule has 3 unspecified atom stereocenters. The van der Waals surface area contributed by atoms with E-state index in [1.54, 1.807) is 0 Å². The molecule has 2 aliphatic heterocycles. The summed E-state index contributed by atoms with van der Waals surface area (Å²) in [6.07, 6.45) is 6.01. The normalized spacial score (nSPS) is 26.4. The number of nitrogens with zero attached hydrogens (tertiary/aromatic N) is 2. The smallest absolute Gasteiger partial charge is 0.135 e. The van der Waals surface area contributed by atoms with Crippen molar-refractivity contribution in [2.45, 2.75) is 37.3 Å². The van der Waals surface area contributed by atoms with Gasteiger partial charge in [0.25, 0.3) is 0 Å². The van der Waals surface area contributed by atoms with E-state index in [0.29, 0.717) is 12.0 Å². The molecule has 114 valence electrons. The molecule has 1 N–H and O–H groups in total. The zero-order chi connectivity index (χ0) is 15.1. The van der Waals surface area contributed by atoms with E-state index in [-0.39, 0.29) is 0 Å². The largest absolute Gasteiger partial charge is 0.362 e. The number of nitrogens with one attached hydrogen (secondary N) is 1. The van der Waals surface area contributed by atoms with Crippen LogP contribution in [0.2, 0.25) is 0 Å². The first-order chi connectivity index (χ1) is 10.7. The van der Waals surface area contributed by atoms with Gasteiger partial charge in [-0.15, -0.1) is 0 Å². The first-order valence-electron chi connectivity index (χ1n) is 8.21. The summed E-state index contributed by atoms with van der Waals surface area (Å²) in [5.41, 5.74) is 3.88. The summed E-state index contributed by atoms with van der Waals surface area (Å²) in [5.74, 6) is 1.68. The van der Waals surface area contributed by atoms with Crippen molar-refractivity contribution in [3.8, 4) is 11.1 Å². The molecule has 2 aromatic rings. The second-order valence-electron chi connectivity index (χ2n) is 6.79. The predicted octanol–water partition coefficient (Wildman–Crippen LogP) is 3.42. The summed E-state index contributed by atoms with van der Waals surface area (Å²) in [4.78, 5) is 6.88. The summed E-state index contributed by atoms with van der Waals surface area (Å²) in [6.45, 7) is 0. The van der Waals surface area contributed by atoms with Crippen LogP contribution in [0.15, 0.2) is 42.6 Å². The van der Waals surface area contributed by atoms with Crippen LogP contribution in [0.1, 0.15) is 30.7 Å². The molecule has 4 rings (SSSR count). The lowest BCUT2D eigenvalue weighted by Gasteiger charge is -2.23. The first-order valence-corrected chi connectivity index (χ1v) is 8.21. The average Bonchev–Trinajstić information content (AvgIpc) is 3.18. The molecular formula is C19H23N3. The maximum absolute atomic E-state index is 4.78. The highest BCUT2D eigenvalue weighted by atomic mass is 15.1. The SMILES string of the molecule is CN(C)c1ncc(C2CC3CCC2N3)cc1-c1ccccc1. The quantitative estimate of drug-likeness (QED) is 0.940. The fraction of sp³-hybridized carbons (Fsp3) is 0.421. The van der Waals surface area contributed by atoms with Crippen LogP contribution >= 0.6 is 0 Å². The molecule has 2 bridgehead atoms. The lowest BCUT2D eigenvalue weighted by atomic mass is 9.84. The highest BCUT2D eigenvalue weighted by molar-refractivity contribution is 5.76. The third-order valence-corrected chi connectivity index (χ3v) is 5.12. The molecule has 2 saturated heterocycles. The molecule has 0 radical (unpaired) electrons. The third-order valence-electron chi connectivity index (χ3n) is 5.12. The molecule has 0 saturated carbocycles. The van der Waals surface area contributed by atoms with Crippen molar-refractivity contribution in [2.24, 2.45) is 0 Å². The van der Waals surface area contributed by atoms with Crippen LogP contribution in [0.3, 0.4) is 0 Å². The molecule has 3 atom stereocenters. The number of hydrogen-bond donors (Lipinski definition) is 1. The van der Waals surface area contributed by atoms with E-state index in [9.17, 15) is 0 Å². The van der Waals surface area contributed by atoms with E-state index in [4.69, 9.17) is 4.98 Å². The van der Waals surface area contributed by atoms with E-state index in [1.807, 2.05) is 0 Å². The molecule has 1 aromatic carbocycles. The van der Waals surface area contributed by atoms with E-state index >= 15 is 0 Å². The minimum Gasteiger partial charge on any atom is -0.362 e. The second kappa shape index (κ2) is 5.40. The van der Waals surface area contributed by atoms with Crippen molar-refractivity contribution in [1.82, 2.24) is 10.3 Å². The second-order valence-corrected chi connectivity index (χ2v) is 6.79. The lowest BCUT2D eigenvalue weighted by molar-refractivity contribution is 0.505. The molecule has 0 amide bonds. The monoisotopic (exact) mass is 293 g/mol. The van der Waals surface area contributed by atoms with Gasteiger partial charge in [0.15, 0.2) is 0 Å². The van der Waals surface area contributed by atoms with Crippen molar-refractivity contribution in [3.63, 3.8) is 0 Å². The lowest BCUT2D eigenvalue weighted by Crippen LogP contribution is -2.22. The van der Waals surface area contributed by atoms with Gasteiger partial charge in [0, 0.05) is 43.9 Å². The molecule has 3 nitrogen and oxygen atoms in total. The van der Waals surface area contributed by atoms with Gasteiger partial charge in [-0.1, -0.05) is 30.3 Å². The van der Waals surface area contributed by atoms with Crippen LogP contribution in [0, 0.1) is 0 Å². The summed E-state index contributed by atoms with van der Waals surface area (Å²) in [7, 11) is 4.13. The Bertz CT molecular complexity index is 666. The van der Waals surface area contributed by atoms with Crippen molar-refractivity contribution in [1.29, 1.82) is 0 Å². The summed E-state index contributed by atoms with van der Waals surface area (Å²) >= 11 is 0. The molecule has 22 heavy (non-hydrogen) atoms. The zero-order valence-corrected chi connectivity index (χ0v) is 13.3. The average molecular weight is 293 g/mol. The third kappa shape index (κ3) is 2.30. The molecule has 3 heterocycles. The Balaban J connectivity index is 1.76. The minimum atomic E-state index is 0.630. The van der Waals surface area contributed by atoms with Gasteiger partial charge in [-0.25, -0.2) is 4.98 Å². The van der Waals surface area contributed by atoms with Gasteiger partial charge in [0.05, 0.1) is 0 Å². The van der Waals surface area contributed by atoms with Crippen LogP contribution in [0.25, 0.3) is 11.1 Å². The Morgan fingerprint density at radius 3 is 2.59 bits per heavy atom. The summed E-state index contributed by atoms with van der Waals surface area (Å²) in [5, 5.41) is 3.73. The molecular weight excluding hydrogens is 270 g/mol. The molecule has 0 spiro atoms. The zero-order valence-electron chi connectivity index (χ0n) is 13.3. The van der Waals surface area contributed by atoms with Crippen LogP contribution < -0.4 is 10.2 Å². The predicted molar refractivity (Wildman–Crippen MR) is 91.3 cm³/mol. The van der Waals surface area contributed by atoms with Gasteiger partial charge in [-0.2, -0.15) is 0 Å². The Morgan fingerprint density at radius 1 is 1.14 bits per heavy atom. The molecule has 0 aliphatic carbocycles. The first kappa shape index (κ1) is 13.8. The topological polar surface area (TPSA) is 28.2 Å². The minimum absolute atomic E-state index is 0.630. The number of benzene rings is 1. The van der Waals surface area contributed by atoms with Gasteiger partial charge in [0.2, 0.25) is 0 Å². The van der Waals surface area contributed by atoms with Crippen LogP contribution in [-0.2, 0) is 0 Å². The van der Waals surface area contributed by atoms with Crippen LogP contribution in [0.5, 0.6) is 0 Å². The Morgan fingerprint density at radius 2 is 1.95 bits per heavy atom. The van der Waals surface area contributed by atoms with Crippen molar-refractivity contribution >= 4 is 5.82 Å². The van der Waals surface area contributed by atoms with E-state index in [1.165, 1.54) is 36.0 Å². The Labute approximate surface area is 132 Å². The maximum Gasteiger partial charge on any atom is 0.135 e. The van der Waals surface area contributed by atoms with Gasteiger partial charge in [0.1, 0.15) is 5.82 Å². The van der Waals surface area contributed by atoms with Gasteiger partial charge in [-0.3, -0.25) is 0 Å². The fourth-order valence-electron chi connectivity index (χ4n) is 4.06. The van der Waals surface area contributed by atoms with Crippen LogP contribution in [-0.4, -0.2) is 31.2 Å². The fourth-order valence-corrected chi connectivity index (χ4v) is 4.06. The number of hydrogen-bond acceptors (Lipinski definition) is 3. The standard InChI is InChI=1S/C19H23N3/c1-22(2)19-17(13-6-4-3-5-7-13)10-14(12-20-19)16-11-15-8-9-18(16)21-15/h3-7,10,12,15-16,18,21H,8-9,11H2,1-2H3.